The maximum absolute atomic E-state index is 14.5. The van der Waals surface area contributed by atoms with Crippen LogP contribution in [0.4, 0.5) is 4.79 Å². The molecule has 0 bridgehead atoms. The SMILES string of the molecule is Cc1cccc(C)c1C(C(=O)NC1CCCCC1)N(C(=O)C(Cc1ccccc1)NC(=O)OC(C)(C)C)C1CC1. The van der Waals surface area contributed by atoms with E-state index in [1.54, 1.807) is 25.7 Å². The molecule has 0 saturated heterocycles. The molecule has 3 amide bonds. The van der Waals surface area contributed by atoms with Gasteiger partial charge < -0.3 is 20.3 Å². The highest BCUT2D eigenvalue weighted by molar-refractivity contribution is 5.93. The van der Waals surface area contributed by atoms with Gasteiger partial charge in [-0.15, -0.1) is 0 Å². The summed E-state index contributed by atoms with van der Waals surface area (Å²) < 4.78 is 5.54. The molecule has 2 atom stereocenters. The lowest BCUT2D eigenvalue weighted by molar-refractivity contribution is -0.143. The van der Waals surface area contributed by atoms with Gasteiger partial charge in [-0.2, -0.15) is 0 Å². The first-order chi connectivity index (χ1) is 19.0. The predicted octanol–water partition coefficient (Wildman–Crippen LogP) is 5.92. The number of aryl methyl sites for hydroxylation is 2. The van der Waals surface area contributed by atoms with Gasteiger partial charge in [0.1, 0.15) is 17.7 Å². The largest absolute Gasteiger partial charge is 0.444 e. The monoisotopic (exact) mass is 547 g/mol. The number of benzene rings is 2. The molecule has 7 nitrogen and oxygen atoms in total. The Balaban J connectivity index is 1.71. The third-order valence-corrected chi connectivity index (χ3v) is 7.76. The third kappa shape index (κ3) is 7.86. The molecule has 2 saturated carbocycles. The van der Waals surface area contributed by atoms with E-state index in [2.05, 4.69) is 10.6 Å². The fourth-order valence-electron chi connectivity index (χ4n) is 5.73. The highest BCUT2D eigenvalue weighted by Crippen LogP contribution is 2.38. The Kier molecular flexibility index (Phi) is 9.54. The van der Waals surface area contributed by atoms with Gasteiger partial charge in [0, 0.05) is 18.5 Å². The molecule has 2 unspecified atom stereocenters. The highest BCUT2D eigenvalue weighted by atomic mass is 16.6. The van der Waals surface area contributed by atoms with Crippen LogP contribution in [0.2, 0.25) is 0 Å². The number of carbonyl (C=O) groups is 3. The lowest BCUT2D eigenvalue weighted by Crippen LogP contribution is -2.55. The molecule has 2 N–H and O–H groups in total. The predicted molar refractivity (Wildman–Crippen MR) is 157 cm³/mol. The lowest BCUT2D eigenvalue weighted by atomic mass is 9.91. The van der Waals surface area contributed by atoms with Crippen LogP contribution < -0.4 is 10.6 Å². The van der Waals surface area contributed by atoms with Crippen LogP contribution in [0.5, 0.6) is 0 Å². The second-order valence-corrected chi connectivity index (χ2v) is 12.4. The normalized spacial score (nSPS) is 17.4. The van der Waals surface area contributed by atoms with Gasteiger partial charge in [0.05, 0.1) is 0 Å². The molecule has 2 aliphatic carbocycles. The van der Waals surface area contributed by atoms with E-state index in [4.69, 9.17) is 4.74 Å². The number of rotatable bonds is 9. The molecular weight excluding hydrogens is 502 g/mol. The zero-order valence-corrected chi connectivity index (χ0v) is 24.7. The lowest BCUT2D eigenvalue weighted by Gasteiger charge is -2.37. The van der Waals surface area contributed by atoms with Crippen LogP contribution in [-0.4, -0.2) is 46.5 Å². The first-order valence-electron chi connectivity index (χ1n) is 14.8. The van der Waals surface area contributed by atoms with Crippen LogP contribution in [0.1, 0.15) is 94.0 Å². The quantitative estimate of drug-likeness (QED) is 0.408. The summed E-state index contributed by atoms with van der Waals surface area (Å²) in [5, 5.41) is 6.16. The molecule has 40 heavy (non-hydrogen) atoms. The van der Waals surface area contributed by atoms with E-state index in [0.29, 0.717) is 6.42 Å². The van der Waals surface area contributed by atoms with Crippen molar-refractivity contribution in [3.05, 3.63) is 70.8 Å². The third-order valence-electron chi connectivity index (χ3n) is 7.76. The van der Waals surface area contributed by atoms with E-state index in [0.717, 1.165) is 60.8 Å². The molecule has 7 heteroatoms. The molecule has 0 heterocycles. The fourth-order valence-corrected chi connectivity index (χ4v) is 5.73. The van der Waals surface area contributed by atoms with Crippen molar-refractivity contribution in [3.8, 4) is 0 Å². The van der Waals surface area contributed by atoms with Crippen LogP contribution in [-0.2, 0) is 20.7 Å². The number of ether oxygens (including phenoxy) is 1. The number of amides is 3. The van der Waals surface area contributed by atoms with E-state index < -0.39 is 23.8 Å². The summed E-state index contributed by atoms with van der Waals surface area (Å²) in [4.78, 5) is 43.4. The maximum Gasteiger partial charge on any atom is 0.408 e. The second kappa shape index (κ2) is 12.9. The van der Waals surface area contributed by atoms with Crippen LogP contribution in [0.25, 0.3) is 0 Å². The Bertz CT molecular complexity index is 1160. The summed E-state index contributed by atoms with van der Waals surface area (Å²) >= 11 is 0. The zero-order chi connectivity index (χ0) is 28.9. The van der Waals surface area contributed by atoms with Crippen LogP contribution >= 0.6 is 0 Å². The highest BCUT2D eigenvalue weighted by Gasteiger charge is 2.45. The second-order valence-electron chi connectivity index (χ2n) is 12.4. The van der Waals surface area contributed by atoms with Crippen molar-refractivity contribution in [2.45, 2.75) is 116 Å². The molecule has 2 fully saturated rings. The van der Waals surface area contributed by atoms with Gasteiger partial charge in [-0.25, -0.2) is 4.79 Å². The molecule has 216 valence electrons. The topological polar surface area (TPSA) is 87.7 Å². The van der Waals surface area contributed by atoms with E-state index >= 15 is 0 Å². The average molecular weight is 548 g/mol. The summed E-state index contributed by atoms with van der Waals surface area (Å²) in [6.45, 7) is 9.38. The summed E-state index contributed by atoms with van der Waals surface area (Å²) in [6.07, 6.45) is 6.62. The van der Waals surface area contributed by atoms with Crippen molar-refractivity contribution in [2.24, 2.45) is 0 Å². The molecule has 4 rings (SSSR count). The molecule has 2 aliphatic rings. The molecule has 0 spiro atoms. The number of hydrogen-bond donors (Lipinski definition) is 2. The smallest absolute Gasteiger partial charge is 0.408 e. The van der Waals surface area contributed by atoms with Crippen molar-refractivity contribution in [2.75, 3.05) is 0 Å². The van der Waals surface area contributed by atoms with Gasteiger partial charge in [0.2, 0.25) is 11.8 Å². The minimum atomic E-state index is -0.882. The van der Waals surface area contributed by atoms with Gasteiger partial charge >= 0.3 is 6.09 Å². The Morgan fingerprint density at radius 3 is 2.10 bits per heavy atom. The molecule has 2 aromatic rings. The molecule has 2 aromatic carbocycles. The number of carbonyl (C=O) groups excluding carboxylic acids is 3. The molecule has 0 radical (unpaired) electrons. The summed E-state index contributed by atoms with van der Waals surface area (Å²) in [5.74, 6) is -0.399. The first kappa shape index (κ1) is 29.6. The Morgan fingerprint density at radius 1 is 0.900 bits per heavy atom. The summed E-state index contributed by atoms with van der Waals surface area (Å²) in [6, 6.07) is 14.0. The van der Waals surface area contributed by atoms with Crippen molar-refractivity contribution >= 4 is 17.9 Å². The van der Waals surface area contributed by atoms with Crippen LogP contribution in [0, 0.1) is 13.8 Å². The van der Waals surface area contributed by atoms with E-state index in [1.165, 1.54) is 6.42 Å². The van der Waals surface area contributed by atoms with Crippen molar-refractivity contribution in [1.82, 2.24) is 15.5 Å². The molecular formula is C33H45N3O4. The number of nitrogens with one attached hydrogen (secondary N) is 2. The van der Waals surface area contributed by atoms with Crippen LogP contribution in [0.15, 0.2) is 48.5 Å². The minimum Gasteiger partial charge on any atom is -0.444 e. The average Bonchev–Trinajstić information content (AvgIpc) is 3.73. The van der Waals surface area contributed by atoms with E-state index in [9.17, 15) is 14.4 Å². The standard InChI is InChI=1S/C33H45N3O4/c1-22-13-12-14-23(2)28(22)29(30(37)34-25-17-10-7-11-18-25)36(26-19-20-26)31(38)27(21-24-15-8-6-9-16-24)35-32(39)40-33(3,4)5/h6,8-9,12-16,25-27,29H,7,10-11,17-21H2,1-5H3,(H,34,37)(H,35,39). The van der Waals surface area contributed by atoms with E-state index in [-0.39, 0.29) is 23.9 Å². The summed E-state index contributed by atoms with van der Waals surface area (Å²) in [7, 11) is 0. The Labute approximate surface area is 239 Å². The van der Waals surface area contributed by atoms with Gasteiger partial charge in [-0.3, -0.25) is 9.59 Å². The van der Waals surface area contributed by atoms with E-state index in [1.807, 2.05) is 62.4 Å². The number of nitrogens with zero attached hydrogens (tertiary/aromatic N) is 1. The minimum absolute atomic E-state index is 0.0627. The molecule has 0 aliphatic heterocycles. The van der Waals surface area contributed by atoms with Crippen LogP contribution in [0.3, 0.4) is 0 Å². The number of alkyl carbamates (subject to hydrolysis) is 1. The van der Waals surface area contributed by atoms with Gasteiger partial charge in [0.25, 0.3) is 0 Å². The van der Waals surface area contributed by atoms with Gasteiger partial charge in [0.15, 0.2) is 0 Å². The maximum atomic E-state index is 14.5. The fraction of sp³-hybridized carbons (Fsp3) is 0.545. The summed E-state index contributed by atoms with van der Waals surface area (Å²) in [5.41, 5.74) is 3.03. The molecule has 0 aromatic heterocycles. The van der Waals surface area contributed by atoms with Crippen molar-refractivity contribution in [3.63, 3.8) is 0 Å². The van der Waals surface area contributed by atoms with Gasteiger partial charge in [-0.05, 0) is 82.6 Å². The van der Waals surface area contributed by atoms with Crippen molar-refractivity contribution < 1.29 is 19.1 Å². The Hall–Kier alpha value is -3.35. The number of hydrogen-bond acceptors (Lipinski definition) is 4. The first-order valence-corrected chi connectivity index (χ1v) is 14.8. The van der Waals surface area contributed by atoms with Crippen molar-refractivity contribution in [1.29, 1.82) is 0 Å². The zero-order valence-electron chi connectivity index (χ0n) is 24.7. The Morgan fingerprint density at radius 2 is 1.52 bits per heavy atom. The van der Waals surface area contributed by atoms with Gasteiger partial charge in [-0.1, -0.05) is 67.8 Å².